The Labute approximate surface area is 162 Å². The number of fused-ring (bicyclic) bond motifs is 1. The molecule has 0 aliphatic carbocycles. The molecule has 0 radical (unpaired) electrons. The first-order chi connectivity index (χ1) is 13.4. The van der Waals surface area contributed by atoms with Gasteiger partial charge in [-0.05, 0) is 24.6 Å². The van der Waals surface area contributed by atoms with Gasteiger partial charge in [0.2, 0.25) is 0 Å². The molecule has 1 unspecified atom stereocenters. The minimum atomic E-state index is -1.60. The Balaban J connectivity index is 1.74. The molecule has 3 heterocycles. The average molecular weight is 388 g/mol. The zero-order valence-corrected chi connectivity index (χ0v) is 15.7. The monoisotopic (exact) mass is 388 g/mol. The van der Waals surface area contributed by atoms with Crippen molar-refractivity contribution in [3.63, 3.8) is 0 Å². The van der Waals surface area contributed by atoms with Crippen LogP contribution >= 0.6 is 0 Å². The Hall–Kier alpha value is -2.46. The molecule has 1 aromatic carbocycles. The number of anilines is 2. The Morgan fingerprint density at radius 3 is 2.64 bits per heavy atom. The van der Waals surface area contributed by atoms with E-state index in [1.165, 1.54) is 13.3 Å². The maximum atomic E-state index is 10.9. The van der Waals surface area contributed by atoms with Crippen molar-refractivity contribution in [3.05, 3.63) is 41.7 Å². The summed E-state index contributed by atoms with van der Waals surface area (Å²) in [5.41, 5.74) is 6.31. The molecule has 1 saturated heterocycles. The van der Waals surface area contributed by atoms with Crippen molar-refractivity contribution < 1.29 is 24.8 Å². The van der Waals surface area contributed by atoms with Crippen molar-refractivity contribution in [1.29, 1.82) is 0 Å². The molecule has 2 aliphatic heterocycles. The van der Waals surface area contributed by atoms with Gasteiger partial charge in [-0.2, -0.15) is 0 Å². The second-order valence-corrected chi connectivity index (χ2v) is 7.35. The van der Waals surface area contributed by atoms with Gasteiger partial charge in [0.05, 0.1) is 13.7 Å². The van der Waals surface area contributed by atoms with E-state index in [1.807, 2.05) is 24.3 Å². The predicted molar refractivity (Wildman–Crippen MR) is 101 cm³/mol. The summed E-state index contributed by atoms with van der Waals surface area (Å²) >= 11 is 0. The van der Waals surface area contributed by atoms with Crippen LogP contribution in [0.15, 0.2) is 30.6 Å². The SMILES string of the molecule is COc1ccc(C2CN([C@@H]3O[C@H](CO)[C@@H](O)[C@@]3(C)O)c3ncnc(N)c32)cc1. The zero-order chi connectivity index (χ0) is 20.1. The molecule has 9 nitrogen and oxygen atoms in total. The molecular formula is C19H24N4O5. The van der Waals surface area contributed by atoms with E-state index in [1.54, 1.807) is 12.0 Å². The van der Waals surface area contributed by atoms with Crippen molar-refractivity contribution in [2.45, 2.75) is 36.9 Å². The average Bonchev–Trinajstić information content (AvgIpc) is 3.18. The summed E-state index contributed by atoms with van der Waals surface area (Å²) in [6.45, 7) is 1.52. The summed E-state index contributed by atoms with van der Waals surface area (Å²) in [6, 6.07) is 7.63. The van der Waals surface area contributed by atoms with Crippen LogP contribution in [-0.4, -0.2) is 69.6 Å². The lowest BCUT2D eigenvalue weighted by atomic mass is 9.94. The van der Waals surface area contributed by atoms with Crippen molar-refractivity contribution in [2.24, 2.45) is 0 Å². The van der Waals surface area contributed by atoms with Gasteiger partial charge in [-0.25, -0.2) is 9.97 Å². The van der Waals surface area contributed by atoms with Gasteiger partial charge in [0, 0.05) is 18.0 Å². The topological polar surface area (TPSA) is 134 Å². The number of rotatable bonds is 4. The molecule has 2 aliphatic rings. The van der Waals surface area contributed by atoms with Gasteiger partial charge in [0.15, 0.2) is 6.23 Å². The smallest absolute Gasteiger partial charge is 0.163 e. The molecule has 0 bridgehead atoms. The molecule has 0 spiro atoms. The molecule has 1 aromatic heterocycles. The van der Waals surface area contributed by atoms with Crippen LogP contribution in [-0.2, 0) is 4.74 Å². The van der Waals surface area contributed by atoms with Gasteiger partial charge in [0.1, 0.15) is 41.5 Å². The fourth-order valence-corrected chi connectivity index (χ4v) is 4.08. The minimum absolute atomic E-state index is 0.146. The van der Waals surface area contributed by atoms with Gasteiger partial charge < -0.3 is 35.4 Å². The quantitative estimate of drug-likeness (QED) is 0.564. The molecule has 28 heavy (non-hydrogen) atoms. The minimum Gasteiger partial charge on any atom is -0.497 e. The lowest BCUT2D eigenvalue weighted by molar-refractivity contribution is -0.0633. The fraction of sp³-hybridized carbons (Fsp3) is 0.474. The third-order valence-electron chi connectivity index (χ3n) is 5.63. The maximum absolute atomic E-state index is 10.9. The van der Waals surface area contributed by atoms with Gasteiger partial charge >= 0.3 is 0 Å². The van der Waals surface area contributed by atoms with Crippen LogP contribution < -0.4 is 15.4 Å². The largest absolute Gasteiger partial charge is 0.497 e. The third-order valence-corrected chi connectivity index (χ3v) is 5.63. The lowest BCUT2D eigenvalue weighted by Crippen LogP contribution is -2.53. The summed E-state index contributed by atoms with van der Waals surface area (Å²) < 4.78 is 11.0. The number of aliphatic hydroxyl groups is 3. The molecule has 5 atom stereocenters. The number of hydrogen-bond acceptors (Lipinski definition) is 9. The Morgan fingerprint density at radius 2 is 2.04 bits per heavy atom. The number of hydrogen-bond donors (Lipinski definition) is 4. The second-order valence-electron chi connectivity index (χ2n) is 7.35. The van der Waals surface area contributed by atoms with Crippen LogP contribution in [0, 0.1) is 0 Å². The Bertz CT molecular complexity index is 860. The van der Waals surface area contributed by atoms with Gasteiger partial charge in [-0.3, -0.25) is 0 Å². The number of nitrogen functional groups attached to an aromatic ring is 1. The van der Waals surface area contributed by atoms with E-state index in [4.69, 9.17) is 15.2 Å². The molecule has 150 valence electrons. The van der Waals surface area contributed by atoms with E-state index in [0.29, 0.717) is 18.2 Å². The van der Waals surface area contributed by atoms with Gasteiger partial charge in [0.25, 0.3) is 0 Å². The Kier molecular flexibility index (Phi) is 4.62. The van der Waals surface area contributed by atoms with Crippen LogP contribution in [0.4, 0.5) is 11.6 Å². The van der Waals surface area contributed by atoms with Crippen molar-refractivity contribution in [3.8, 4) is 5.75 Å². The summed E-state index contributed by atoms with van der Waals surface area (Å²) in [7, 11) is 1.61. The standard InChI is InChI=1S/C19H24N4O5/c1-19(26)15(25)13(8-24)28-18(19)23-7-12(10-3-5-11(27-2)6-4-10)14-16(20)21-9-22-17(14)23/h3-6,9,12-13,15,18,24-26H,7-8H2,1-2H3,(H2,20,21,22)/t12?,13-,15-,18-,19-/m1/s1. The molecular weight excluding hydrogens is 364 g/mol. The van der Waals surface area contributed by atoms with E-state index >= 15 is 0 Å². The summed E-state index contributed by atoms with van der Waals surface area (Å²) in [5.74, 6) is 1.49. The molecule has 0 amide bonds. The zero-order valence-electron chi connectivity index (χ0n) is 15.7. The lowest BCUT2D eigenvalue weighted by Gasteiger charge is -2.34. The van der Waals surface area contributed by atoms with Gasteiger partial charge in [-0.1, -0.05) is 12.1 Å². The summed E-state index contributed by atoms with van der Waals surface area (Å²) in [6.07, 6.45) is -1.65. The molecule has 4 rings (SSSR count). The number of aliphatic hydroxyl groups excluding tert-OH is 2. The van der Waals surface area contributed by atoms with Crippen LogP contribution in [0.2, 0.25) is 0 Å². The third kappa shape index (κ3) is 2.78. The first-order valence-corrected chi connectivity index (χ1v) is 9.06. The van der Waals surface area contributed by atoms with Crippen LogP contribution in [0.3, 0.4) is 0 Å². The fourth-order valence-electron chi connectivity index (χ4n) is 4.08. The Morgan fingerprint density at radius 1 is 1.32 bits per heavy atom. The van der Waals surface area contributed by atoms with Crippen molar-refractivity contribution >= 4 is 11.6 Å². The van der Waals surface area contributed by atoms with E-state index in [0.717, 1.165) is 16.9 Å². The van der Waals surface area contributed by atoms with Crippen molar-refractivity contribution in [2.75, 3.05) is 30.9 Å². The number of methoxy groups -OCH3 is 1. The van der Waals surface area contributed by atoms with Gasteiger partial charge in [-0.15, -0.1) is 0 Å². The summed E-state index contributed by atoms with van der Waals surface area (Å²) in [4.78, 5) is 10.3. The van der Waals surface area contributed by atoms with Crippen LogP contribution in [0.25, 0.3) is 0 Å². The highest BCUT2D eigenvalue weighted by Gasteiger charge is 2.56. The maximum Gasteiger partial charge on any atom is 0.163 e. The molecule has 2 aromatic rings. The first-order valence-electron chi connectivity index (χ1n) is 9.06. The number of nitrogens with zero attached hydrogens (tertiary/aromatic N) is 3. The van der Waals surface area contributed by atoms with Crippen LogP contribution in [0.1, 0.15) is 24.0 Å². The normalized spacial score (nSPS) is 31.8. The van der Waals surface area contributed by atoms with E-state index in [-0.39, 0.29) is 5.92 Å². The number of nitrogens with two attached hydrogens (primary N) is 1. The molecule has 1 fully saturated rings. The number of benzene rings is 1. The van der Waals surface area contributed by atoms with Crippen molar-refractivity contribution in [1.82, 2.24) is 9.97 Å². The van der Waals surface area contributed by atoms with E-state index in [2.05, 4.69) is 9.97 Å². The molecule has 0 saturated carbocycles. The molecule has 5 N–H and O–H groups in total. The highest BCUT2D eigenvalue weighted by molar-refractivity contribution is 5.66. The predicted octanol–water partition coefficient (Wildman–Crippen LogP) is -0.152. The van der Waals surface area contributed by atoms with E-state index < -0.39 is 30.6 Å². The summed E-state index contributed by atoms with van der Waals surface area (Å²) in [5, 5.41) is 30.7. The van der Waals surface area contributed by atoms with Crippen LogP contribution in [0.5, 0.6) is 5.75 Å². The first kappa shape index (κ1) is 18.9. The number of aromatic nitrogens is 2. The van der Waals surface area contributed by atoms with E-state index in [9.17, 15) is 15.3 Å². The second kappa shape index (κ2) is 6.85. The highest BCUT2D eigenvalue weighted by Crippen LogP contribution is 2.46. The number of ether oxygens (including phenoxy) is 2. The highest BCUT2D eigenvalue weighted by atomic mass is 16.6. The molecule has 9 heteroatoms.